The molecule has 0 spiro atoms. The SMILES string of the molecule is C=CC(=O)N1c2ccccc2C(OC)C1C(=O)O. The molecule has 0 saturated heterocycles. The third-order valence-corrected chi connectivity index (χ3v) is 2.99. The molecule has 0 aromatic heterocycles. The predicted octanol–water partition coefficient (Wildman–Crippen LogP) is 1.36. The molecule has 2 unspecified atom stereocenters. The number of methoxy groups -OCH3 is 1. The summed E-state index contributed by atoms with van der Waals surface area (Å²) in [5, 5.41) is 9.29. The van der Waals surface area contributed by atoms with Gasteiger partial charge in [0.25, 0.3) is 5.91 Å². The first-order valence-corrected chi connectivity index (χ1v) is 5.42. The summed E-state index contributed by atoms with van der Waals surface area (Å²) in [4.78, 5) is 24.4. The quantitative estimate of drug-likeness (QED) is 0.819. The van der Waals surface area contributed by atoms with Crippen molar-refractivity contribution in [3.05, 3.63) is 42.5 Å². The van der Waals surface area contributed by atoms with Crippen LogP contribution >= 0.6 is 0 Å². The lowest BCUT2D eigenvalue weighted by molar-refractivity contribution is -0.143. The van der Waals surface area contributed by atoms with Crippen LogP contribution in [0.25, 0.3) is 0 Å². The van der Waals surface area contributed by atoms with Crippen LogP contribution in [0.4, 0.5) is 5.69 Å². The van der Waals surface area contributed by atoms with Crippen LogP contribution in [-0.4, -0.2) is 30.1 Å². The smallest absolute Gasteiger partial charge is 0.329 e. The number of carbonyl (C=O) groups is 2. The standard InChI is InChI=1S/C13H13NO4/c1-3-10(15)14-9-7-5-4-6-8(9)12(18-2)11(14)13(16)17/h3-7,11-12H,1H2,2H3,(H,16,17). The van der Waals surface area contributed by atoms with Gasteiger partial charge in [-0.1, -0.05) is 24.8 Å². The van der Waals surface area contributed by atoms with Crippen molar-refractivity contribution in [2.75, 3.05) is 12.0 Å². The lowest BCUT2D eigenvalue weighted by atomic mass is 10.1. The molecule has 0 saturated carbocycles. The minimum absolute atomic E-state index is 0.450. The number of benzene rings is 1. The molecule has 0 bridgehead atoms. The molecule has 94 valence electrons. The summed E-state index contributed by atoms with van der Waals surface area (Å²) in [6.07, 6.45) is 0.438. The number of ether oxygens (including phenoxy) is 1. The number of carboxylic acids is 1. The van der Waals surface area contributed by atoms with E-state index < -0.39 is 24.0 Å². The Bertz CT molecular complexity index is 511. The Kier molecular flexibility index (Phi) is 3.16. The number of hydrogen-bond acceptors (Lipinski definition) is 3. The number of carbonyl (C=O) groups excluding carboxylic acids is 1. The zero-order chi connectivity index (χ0) is 13.3. The fraction of sp³-hybridized carbons (Fsp3) is 0.231. The van der Waals surface area contributed by atoms with Gasteiger partial charge in [-0.2, -0.15) is 0 Å². The van der Waals surface area contributed by atoms with E-state index in [0.717, 1.165) is 6.08 Å². The van der Waals surface area contributed by atoms with E-state index in [-0.39, 0.29) is 0 Å². The number of fused-ring (bicyclic) bond motifs is 1. The van der Waals surface area contributed by atoms with Gasteiger partial charge in [-0.3, -0.25) is 9.69 Å². The van der Waals surface area contributed by atoms with E-state index in [2.05, 4.69) is 6.58 Å². The molecule has 0 aliphatic carbocycles. The molecule has 1 N–H and O–H groups in total. The van der Waals surface area contributed by atoms with Crippen LogP contribution in [0.5, 0.6) is 0 Å². The molecule has 1 aliphatic rings. The maximum absolute atomic E-state index is 11.8. The summed E-state index contributed by atoms with van der Waals surface area (Å²) in [5.41, 5.74) is 1.25. The highest BCUT2D eigenvalue weighted by Gasteiger charge is 2.45. The van der Waals surface area contributed by atoms with Gasteiger partial charge in [0.05, 0.1) is 5.69 Å². The predicted molar refractivity (Wildman–Crippen MR) is 65.3 cm³/mol. The van der Waals surface area contributed by atoms with Crippen molar-refractivity contribution < 1.29 is 19.4 Å². The van der Waals surface area contributed by atoms with E-state index in [1.807, 2.05) is 0 Å². The number of nitrogens with zero attached hydrogens (tertiary/aromatic N) is 1. The van der Waals surface area contributed by atoms with E-state index in [9.17, 15) is 14.7 Å². The van der Waals surface area contributed by atoms with Crippen LogP contribution in [0, 0.1) is 0 Å². The first kappa shape index (κ1) is 12.3. The number of aliphatic carboxylic acids is 1. The topological polar surface area (TPSA) is 66.8 Å². The largest absolute Gasteiger partial charge is 0.480 e. The second-order valence-corrected chi connectivity index (χ2v) is 3.91. The first-order valence-electron chi connectivity index (χ1n) is 5.42. The summed E-state index contributed by atoms with van der Waals surface area (Å²) in [6, 6.07) is 5.93. The third-order valence-electron chi connectivity index (χ3n) is 2.99. The molecule has 2 atom stereocenters. The lowest BCUT2D eigenvalue weighted by Crippen LogP contribution is -2.44. The van der Waals surface area contributed by atoms with Crippen molar-refractivity contribution in [1.29, 1.82) is 0 Å². The number of para-hydroxylation sites is 1. The van der Waals surface area contributed by atoms with Gasteiger partial charge in [0.15, 0.2) is 6.04 Å². The Morgan fingerprint density at radius 2 is 2.11 bits per heavy atom. The van der Waals surface area contributed by atoms with Crippen molar-refractivity contribution >= 4 is 17.6 Å². The molecular formula is C13H13NO4. The van der Waals surface area contributed by atoms with Gasteiger partial charge >= 0.3 is 5.97 Å². The molecule has 1 aromatic carbocycles. The van der Waals surface area contributed by atoms with Gasteiger partial charge < -0.3 is 9.84 Å². The molecule has 18 heavy (non-hydrogen) atoms. The zero-order valence-corrected chi connectivity index (χ0v) is 9.87. The van der Waals surface area contributed by atoms with Crippen LogP contribution in [0.15, 0.2) is 36.9 Å². The molecule has 5 nitrogen and oxygen atoms in total. The van der Waals surface area contributed by atoms with Crippen LogP contribution < -0.4 is 4.90 Å². The Morgan fingerprint density at radius 3 is 2.67 bits per heavy atom. The average molecular weight is 247 g/mol. The Hall–Kier alpha value is -2.14. The highest BCUT2D eigenvalue weighted by molar-refractivity contribution is 6.07. The Balaban J connectivity index is 2.58. The second kappa shape index (κ2) is 4.62. The maximum Gasteiger partial charge on any atom is 0.329 e. The van der Waals surface area contributed by atoms with Gasteiger partial charge in [0.2, 0.25) is 0 Å². The van der Waals surface area contributed by atoms with E-state index in [0.29, 0.717) is 11.3 Å². The van der Waals surface area contributed by atoms with Gasteiger partial charge in [-0.05, 0) is 12.1 Å². The molecule has 5 heteroatoms. The fourth-order valence-corrected chi connectivity index (χ4v) is 2.25. The molecular weight excluding hydrogens is 234 g/mol. The zero-order valence-electron chi connectivity index (χ0n) is 9.87. The normalized spacial score (nSPS) is 21.5. The van der Waals surface area contributed by atoms with Crippen molar-refractivity contribution in [3.8, 4) is 0 Å². The van der Waals surface area contributed by atoms with Crippen molar-refractivity contribution in [1.82, 2.24) is 0 Å². The maximum atomic E-state index is 11.8. The Morgan fingerprint density at radius 1 is 1.44 bits per heavy atom. The van der Waals surface area contributed by atoms with Crippen molar-refractivity contribution in [3.63, 3.8) is 0 Å². The molecule has 0 fully saturated rings. The number of amides is 1. The Labute approximate surface area is 104 Å². The van der Waals surface area contributed by atoms with E-state index in [1.54, 1.807) is 24.3 Å². The summed E-state index contributed by atoms with van der Waals surface area (Å²) < 4.78 is 5.23. The van der Waals surface area contributed by atoms with Crippen LogP contribution in [0.1, 0.15) is 11.7 Å². The summed E-state index contributed by atoms with van der Waals surface area (Å²) in [5.74, 6) is -1.55. The average Bonchev–Trinajstić information content (AvgIpc) is 2.72. The van der Waals surface area contributed by atoms with Gasteiger partial charge in [0.1, 0.15) is 6.10 Å². The molecule has 1 heterocycles. The number of hydrogen-bond donors (Lipinski definition) is 1. The van der Waals surface area contributed by atoms with Crippen LogP contribution in [-0.2, 0) is 14.3 Å². The van der Waals surface area contributed by atoms with Gasteiger partial charge in [-0.25, -0.2) is 4.79 Å². The minimum Gasteiger partial charge on any atom is -0.480 e. The van der Waals surface area contributed by atoms with Crippen LogP contribution in [0.3, 0.4) is 0 Å². The minimum atomic E-state index is -1.10. The first-order chi connectivity index (χ1) is 8.61. The second-order valence-electron chi connectivity index (χ2n) is 3.91. The molecule has 1 aliphatic heterocycles. The highest BCUT2D eigenvalue weighted by Crippen LogP contribution is 2.41. The monoisotopic (exact) mass is 247 g/mol. The van der Waals surface area contributed by atoms with Crippen molar-refractivity contribution in [2.24, 2.45) is 0 Å². The summed E-state index contributed by atoms with van der Waals surface area (Å²) in [6.45, 7) is 3.40. The molecule has 0 radical (unpaired) electrons. The third kappa shape index (κ3) is 1.69. The highest BCUT2D eigenvalue weighted by atomic mass is 16.5. The van der Waals surface area contributed by atoms with E-state index >= 15 is 0 Å². The van der Waals surface area contributed by atoms with E-state index in [1.165, 1.54) is 12.0 Å². The summed E-state index contributed by atoms with van der Waals surface area (Å²) >= 11 is 0. The number of carboxylic acid groups (broad SMARTS) is 1. The lowest BCUT2D eigenvalue weighted by Gasteiger charge is -2.23. The molecule has 1 amide bonds. The van der Waals surface area contributed by atoms with Gasteiger partial charge in [0, 0.05) is 12.7 Å². The van der Waals surface area contributed by atoms with Crippen LogP contribution in [0.2, 0.25) is 0 Å². The number of anilines is 1. The van der Waals surface area contributed by atoms with E-state index in [4.69, 9.17) is 4.74 Å². The fourth-order valence-electron chi connectivity index (χ4n) is 2.25. The van der Waals surface area contributed by atoms with Crippen molar-refractivity contribution in [2.45, 2.75) is 12.1 Å². The molecule has 2 rings (SSSR count). The van der Waals surface area contributed by atoms with Gasteiger partial charge in [-0.15, -0.1) is 0 Å². The summed E-state index contributed by atoms with van der Waals surface area (Å²) in [7, 11) is 1.43. The number of rotatable bonds is 3. The molecule has 1 aromatic rings.